The summed E-state index contributed by atoms with van der Waals surface area (Å²) in [6.07, 6.45) is 3.34. The SMILES string of the molecule is CCNC(=S)NN=Cc1c(O)ccc[n+]1C. The monoisotopic (exact) mass is 239 g/mol. The van der Waals surface area contributed by atoms with E-state index < -0.39 is 0 Å². The lowest BCUT2D eigenvalue weighted by Crippen LogP contribution is -2.34. The molecule has 1 rings (SSSR count). The summed E-state index contributed by atoms with van der Waals surface area (Å²) in [5, 5.41) is 16.8. The van der Waals surface area contributed by atoms with Gasteiger partial charge in [-0.25, -0.2) is 0 Å². The van der Waals surface area contributed by atoms with Crippen molar-refractivity contribution in [1.82, 2.24) is 10.7 Å². The molecule has 0 bridgehead atoms. The number of aromatic nitrogens is 1. The molecule has 86 valence electrons. The first kappa shape index (κ1) is 12.4. The Balaban J connectivity index is 2.66. The first-order valence-corrected chi connectivity index (χ1v) is 5.30. The van der Waals surface area contributed by atoms with Crippen LogP contribution in [-0.2, 0) is 7.05 Å². The van der Waals surface area contributed by atoms with Gasteiger partial charge in [0.2, 0.25) is 0 Å². The summed E-state index contributed by atoms with van der Waals surface area (Å²) in [5.74, 6) is 0.171. The third-order valence-electron chi connectivity index (χ3n) is 1.90. The standard InChI is InChI=1S/C10H14N4OS/c1-3-11-10(16)13-12-7-8-9(15)5-4-6-14(8)2/h4-7H,3H2,1-2H3,(H2,11,15,16)/p+1. The van der Waals surface area contributed by atoms with Crippen LogP contribution in [-0.4, -0.2) is 23.0 Å². The van der Waals surface area contributed by atoms with E-state index in [1.54, 1.807) is 16.7 Å². The van der Waals surface area contributed by atoms with Crippen molar-refractivity contribution in [1.29, 1.82) is 0 Å². The summed E-state index contributed by atoms with van der Waals surface area (Å²) < 4.78 is 1.76. The maximum atomic E-state index is 9.57. The van der Waals surface area contributed by atoms with E-state index in [1.807, 2.05) is 20.2 Å². The molecule has 0 amide bonds. The molecular weight excluding hydrogens is 224 g/mol. The van der Waals surface area contributed by atoms with E-state index in [0.29, 0.717) is 10.8 Å². The number of hydrazone groups is 1. The molecular formula is C10H15N4OS+. The number of aromatic hydroxyl groups is 1. The molecule has 0 unspecified atom stereocenters. The largest absolute Gasteiger partial charge is 0.502 e. The zero-order valence-electron chi connectivity index (χ0n) is 9.27. The van der Waals surface area contributed by atoms with E-state index in [9.17, 15) is 5.11 Å². The number of hydrogen-bond donors (Lipinski definition) is 3. The molecule has 0 saturated heterocycles. The topological polar surface area (TPSA) is 60.5 Å². The fraction of sp³-hybridized carbons (Fsp3) is 0.300. The Morgan fingerprint density at radius 1 is 1.69 bits per heavy atom. The van der Waals surface area contributed by atoms with E-state index in [1.165, 1.54) is 6.21 Å². The van der Waals surface area contributed by atoms with Gasteiger partial charge in [0.15, 0.2) is 17.1 Å². The lowest BCUT2D eigenvalue weighted by Gasteiger charge is -2.02. The minimum atomic E-state index is 0.171. The van der Waals surface area contributed by atoms with Crippen molar-refractivity contribution in [3.05, 3.63) is 24.0 Å². The Morgan fingerprint density at radius 3 is 3.06 bits per heavy atom. The van der Waals surface area contributed by atoms with Crippen LogP contribution in [0.25, 0.3) is 0 Å². The normalized spacial score (nSPS) is 10.4. The molecule has 0 atom stereocenters. The molecule has 0 aliphatic carbocycles. The number of thiocarbonyl (C=S) groups is 1. The smallest absolute Gasteiger partial charge is 0.267 e. The van der Waals surface area contributed by atoms with Crippen molar-refractivity contribution in [3.63, 3.8) is 0 Å². The van der Waals surface area contributed by atoms with E-state index in [0.717, 1.165) is 6.54 Å². The van der Waals surface area contributed by atoms with Crippen molar-refractivity contribution in [2.75, 3.05) is 6.54 Å². The van der Waals surface area contributed by atoms with E-state index >= 15 is 0 Å². The van der Waals surface area contributed by atoms with Crippen molar-refractivity contribution in [3.8, 4) is 5.75 Å². The molecule has 0 aromatic carbocycles. The number of nitrogens with zero attached hydrogens (tertiary/aromatic N) is 2. The first-order chi connectivity index (χ1) is 7.65. The lowest BCUT2D eigenvalue weighted by atomic mass is 10.3. The Morgan fingerprint density at radius 2 is 2.44 bits per heavy atom. The summed E-state index contributed by atoms with van der Waals surface area (Å²) in [6, 6.07) is 3.35. The lowest BCUT2D eigenvalue weighted by molar-refractivity contribution is -0.672. The van der Waals surface area contributed by atoms with Gasteiger partial charge in [-0.05, 0) is 25.2 Å². The summed E-state index contributed by atoms with van der Waals surface area (Å²) in [4.78, 5) is 0. The molecule has 0 fully saturated rings. The van der Waals surface area contributed by atoms with Crippen LogP contribution in [0, 0.1) is 0 Å². The van der Waals surface area contributed by atoms with E-state index in [4.69, 9.17) is 12.2 Å². The zero-order chi connectivity index (χ0) is 12.0. The van der Waals surface area contributed by atoms with Crippen molar-refractivity contribution < 1.29 is 9.67 Å². The number of hydrogen-bond acceptors (Lipinski definition) is 3. The molecule has 0 saturated carbocycles. The number of pyridine rings is 1. The second-order valence-electron chi connectivity index (χ2n) is 3.12. The molecule has 6 heteroatoms. The van der Waals surface area contributed by atoms with Crippen LogP contribution in [0.2, 0.25) is 0 Å². The fourth-order valence-electron chi connectivity index (χ4n) is 1.12. The molecule has 3 N–H and O–H groups in total. The molecule has 1 aromatic rings. The van der Waals surface area contributed by atoms with Gasteiger partial charge in [0.25, 0.3) is 5.69 Å². The van der Waals surface area contributed by atoms with E-state index in [2.05, 4.69) is 15.8 Å². The molecule has 1 aromatic heterocycles. The third-order valence-corrected chi connectivity index (χ3v) is 2.13. The minimum Gasteiger partial charge on any atom is -0.502 e. The van der Waals surface area contributed by atoms with Crippen LogP contribution < -0.4 is 15.3 Å². The van der Waals surface area contributed by atoms with Crippen molar-refractivity contribution in [2.24, 2.45) is 12.1 Å². The summed E-state index contributed by atoms with van der Waals surface area (Å²) in [5.41, 5.74) is 3.26. The first-order valence-electron chi connectivity index (χ1n) is 4.89. The van der Waals surface area contributed by atoms with Crippen LogP contribution in [0.3, 0.4) is 0 Å². The maximum Gasteiger partial charge on any atom is 0.267 e. The second-order valence-corrected chi connectivity index (χ2v) is 3.53. The number of aryl methyl sites for hydroxylation is 1. The Hall–Kier alpha value is -1.69. The van der Waals surface area contributed by atoms with Crippen molar-refractivity contribution >= 4 is 23.5 Å². The Kier molecular flexibility index (Phi) is 4.65. The van der Waals surface area contributed by atoms with Gasteiger partial charge in [-0.2, -0.15) is 9.67 Å². The van der Waals surface area contributed by atoms with Crippen LogP contribution in [0.1, 0.15) is 12.6 Å². The number of nitrogens with one attached hydrogen (secondary N) is 2. The average molecular weight is 239 g/mol. The van der Waals surface area contributed by atoms with Gasteiger partial charge in [-0.15, -0.1) is 0 Å². The minimum absolute atomic E-state index is 0.171. The van der Waals surface area contributed by atoms with Gasteiger partial charge < -0.3 is 10.4 Å². The predicted octanol–water partition coefficient (Wildman–Crippen LogP) is 0.0346. The number of rotatable bonds is 3. The quantitative estimate of drug-likeness (QED) is 0.301. The maximum absolute atomic E-state index is 9.57. The zero-order valence-corrected chi connectivity index (χ0v) is 10.1. The molecule has 16 heavy (non-hydrogen) atoms. The van der Waals surface area contributed by atoms with Crippen molar-refractivity contribution in [2.45, 2.75) is 6.92 Å². The molecule has 0 aliphatic rings. The van der Waals surface area contributed by atoms with Crippen LogP contribution in [0.4, 0.5) is 0 Å². The van der Waals surface area contributed by atoms with Crippen LogP contribution in [0.15, 0.2) is 23.4 Å². The predicted molar refractivity (Wildman–Crippen MR) is 66.3 cm³/mol. The summed E-state index contributed by atoms with van der Waals surface area (Å²) in [7, 11) is 1.82. The average Bonchev–Trinajstić information content (AvgIpc) is 2.23. The highest BCUT2D eigenvalue weighted by molar-refractivity contribution is 7.80. The summed E-state index contributed by atoms with van der Waals surface area (Å²) in [6.45, 7) is 2.69. The van der Waals surface area contributed by atoms with Gasteiger partial charge in [-0.1, -0.05) is 0 Å². The third kappa shape index (κ3) is 3.47. The highest BCUT2D eigenvalue weighted by Crippen LogP contribution is 2.07. The highest BCUT2D eigenvalue weighted by Gasteiger charge is 2.08. The van der Waals surface area contributed by atoms with Gasteiger partial charge in [0.1, 0.15) is 13.3 Å². The molecule has 1 heterocycles. The van der Waals surface area contributed by atoms with Gasteiger partial charge in [-0.3, -0.25) is 5.43 Å². The fourth-order valence-corrected chi connectivity index (χ4v) is 1.32. The van der Waals surface area contributed by atoms with Gasteiger partial charge >= 0.3 is 0 Å². The highest BCUT2D eigenvalue weighted by atomic mass is 32.1. The molecule has 5 nitrogen and oxygen atoms in total. The molecule has 0 radical (unpaired) electrons. The second kappa shape index (κ2) is 6.02. The molecule has 0 spiro atoms. The van der Waals surface area contributed by atoms with Crippen LogP contribution >= 0.6 is 12.2 Å². The Labute approximate surface area is 99.8 Å². The van der Waals surface area contributed by atoms with Gasteiger partial charge in [0, 0.05) is 12.6 Å². The van der Waals surface area contributed by atoms with E-state index in [-0.39, 0.29) is 5.75 Å². The van der Waals surface area contributed by atoms with Gasteiger partial charge in [0.05, 0.1) is 0 Å². The Bertz CT molecular complexity index is 386. The summed E-state index contributed by atoms with van der Waals surface area (Å²) >= 11 is 4.93. The van der Waals surface area contributed by atoms with Crippen LogP contribution in [0.5, 0.6) is 5.75 Å². The molecule has 0 aliphatic heterocycles.